The highest BCUT2D eigenvalue weighted by atomic mass is 79.9. The van der Waals surface area contributed by atoms with Gasteiger partial charge in [0.25, 0.3) is 0 Å². The van der Waals surface area contributed by atoms with Crippen LogP contribution < -0.4 is 5.32 Å². The summed E-state index contributed by atoms with van der Waals surface area (Å²) in [7, 11) is 3.83. The normalized spacial score (nSPS) is 20.2. The van der Waals surface area contributed by atoms with Crippen molar-refractivity contribution < 1.29 is 4.74 Å². The number of aromatic nitrogens is 2. The van der Waals surface area contributed by atoms with E-state index >= 15 is 0 Å². The van der Waals surface area contributed by atoms with Crippen LogP contribution in [0.15, 0.2) is 10.7 Å². The fourth-order valence-corrected chi connectivity index (χ4v) is 3.67. The standard InChI is InChI=1S/C13H22BrN3O/c1-4-17-11(10(14)9-16-17)12(15-2)13(18-3)7-5-6-8-13/h9,12,15H,4-8H2,1-3H3. The first-order valence-electron chi connectivity index (χ1n) is 6.62. The minimum Gasteiger partial charge on any atom is -0.376 e. The summed E-state index contributed by atoms with van der Waals surface area (Å²) < 4.78 is 9.01. The number of methoxy groups -OCH3 is 1. The Morgan fingerprint density at radius 3 is 2.72 bits per heavy atom. The third-order valence-electron chi connectivity index (χ3n) is 4.08. The molecule has 2 rings (SSSR count). The first-order valence-corrected chi connectivity index (χ1v) is 7.41. The number of halogens is 1. The van der Waals surface area contributed by atoms with Crippen LogP contribution in [-0.4, -0.2) is 29.5 Å². The first-order chi connectivity index (χ1) is 8.68. The lowest BCUT2D eigenvalue weighted by Gasteiger charge is -2.36. The number of nitrogens with one attached hydrogen (secondary N) is 1. The predicted octanol–water partition coefficient (Wildman–Crippen LogP) is 2.89. The van der Waals surface area contributed by atoms with Gasteiger partial charge in [-0.05, 0) is 42.7 Å². The highest BCUT2D eigenvalue weighted by Crippen LogP contribution is 2.43. The smallest absolute Gasteiger partial charge is 0.0888 e. The van der Waals surface area contributed by atoms with Crippen molar-refractivity contribution in [1.29, 1.82) is 0 Å². The van der Waals surface area contributed by atoms with Gasteiger partial charge in [-0.25, -0.2) is 0 Å². The predicted molar refractivity (Wildman–Crippen MR) is 75.6 cm³/mol. The summed E-state index contributed by atoms with van der Waals surface area (Å²) in [6.45, 7) is 2.99. The van der Waals surface area contributed by atoms with Crippen LogP contribution in [-0.2, 0) is 11.3 Å². The third-order valence-corrected chi connectivity index (χ3v) is 4.69. The molecular formula is C13H22BrN3O. The largest absolute Gasteiger partial charge is 0.376 e. The van der Waals surface area contributed by atoms with Crippen molar-refractivity contribution in [3.05, 3.63) is 16.4 Å². The van der Waals surface area contributed by atoms with E-state index in [4.69, 9.17) is 4.74 Å². The van der Waals surface area contributed by atoms with Gasteiger partial charge in [-0.15, -0.1) is 0 Å². The van der Waals surface area contributed by atoms with Crippen molar-refractivity contribution in [3.63, 3.8) is 0 Å². The van der Waals surface area contributed by atoms with Gasteiger partial charge in [0.1, 0.15) is 0 Å². The summed E-state index contributed by atoms with van der Waals surface area (Å²) in [4.78, 5) is 0. The van der Waals surface area contributed by atoms with Gasteiger partial charge in [-0.3, -0.25) is 4.68 Å². The maximum Gasteiger partial charge on any atom is 0.0888 e. The average molecular weight is 316 g/mol. The molecule has 0 radical (unpaired) electrons. The summed E-state index contributed by atoms with van der Waals surface area (Å²) >= 11 is 3.62. The molecule has 4 nitrogen and oxygen atoms in total. The molecule has 0 aliphatic heterocycles. The topological polar surface area (TPSA) is 39.1 Å². The molecule has 1 unspecified atom stereocenters. The van der Waals surface area contributed by atoms with Gasteiger partial charge in [0.15, 0.2) is 0 Å². The van der Waals surface area contributed by atoms with Crippen LogP contribution in [0, 0.1) is 0 Å². The minimum atomic E-state index is -0.0930. The molecule has 1 atom stereocenters. The van der Waals surface area contributed by atoms with Gasteiger partial charge in [0.2, 0.25) is 0 Å². The molecule has 1 aromatic heterocycles. The maximum absolute atomic E-state index is 5.91. The summed E-state index contributed by atoms with van der Waals surface area (Å²) in [5, 5.41) is 7.85. The third kappa shape index (κ3) is 2.24. The molecule has 1 aliphatic carbocycles. The monoisotopic (exact) mass is 315 g/mol. The molecule has 1 fully saturated rings. The van der Waals surface area contributed by atoms with E-state index in [9.17, 15) is 0 Å². The Hall–Kier alpha value is -0.390. The molecule has 1 saturated carbocycles. The molecule has 102 valence electrons. The average Bonchev–Trinajstić information content (AvgIpc) is 3.00. The Morgan fingerprint density at radius 2 is 2.22 bits per heavy atom. The number of nitrogens with zero attached hydrogens (tertiary/aromatic N) is 2. The zero-order valence-corrected chi connectivity index (χ0v) is 13.0. The molecule has 1 heterocycles. The van der Waals surface area contributed by atoms with Crippen molar-refractivity contribution in [1.82, 2.24) is 15.1 Å². The Bertz CT molecular complexity index is 399. The van der Waals surface area contributed by atoms with Crippen molar-refractivity contribution in [2.45, 2.75) is 50.8 Å². The molecule has 18 heavy (non-hydrogen) atoms. The van der Waals surface area contributed by atoms with E-state index in [-0.39, 0.29) is 11.6 Å². The Labute approximate surface area is 117 Å². The molecule has 0 saturated heterocycles. The highest BCUT2D eigenvalue weighted by molar-refractivity contribution is 9.10. The second kappa shape index (κ2) is 5.72. The maximum atomic E-state index is 5.91. The summed E-state index contributed by atoms with van der Waals surface area (Å²) in [5.41, 5.74) is 1.10. The van der Waals surface area contributed by atoms with Crippen LogP contribution in [0.4, 0.5) is 0 Å². The molecule has 5 heteroatoms. The highest BCUT2D eigenvalue weighted by Gasteiger charge is 2.43. The summed E-state index contributed by atoms with van der Waals surface area (Å²) in [6.07, 6.45) is 6.57. The van der Waals surface area contributed by atoms with Crippen LogP contribution in [0.25, 0.3) is 0 Å². The van der Waals surface area contributed by atoms with Gasteiger partial charge in [0, 0.05) is 13.7 Å². The summed E-state index contributed by atoms with van der Waals surface area (Å²) in [6, 6.07) is 0.182. The molecule has 1 aliphatic rings. The van der Waals surface area contributed by atoms with E-state index < -0.39 is 0 Å². The van der Waals surface area contributed by atoms with E-state index in [1.165, 1.54) is 18.5 Å². The van der Waals surface area contributed by atoms with Crippen molar-refractivity contribution in [3.8, 4) is 0 Å². The van der Waals surface area contributed by atoms with Gasteiger partial charge >= 0.3 is 0 Å². The molecule has 0 spiro atoms. The fraction of sp³-hybridized carbons (Fsp3) is 0.769. The van der Waals surface area contributed by atoms with E-state index in [1.54, 1.807) is 0 Å². The molecule has 0 amide bonds. The molecule has 0 bridgehead atoms. The second-order valence-electron chi connectivity index (χ2n) is 4.89. The zero-order chi connectivity index (χ0) is 13.2. The fourth-order valence-electron chi connectivity index (χ4n) is 3.14. The molecule has 0 aromatic carbocycles. The molecule has 1 aromatic rings. The number of likely N-dealkylation sites (N-methyl/N-ethyl adjacent to an activating group) is 1. The van der Waals surface area contributed by atoms with Crippen molar-refractivity contribution >= 4 is 15.9 Å². The number of ether oxygens (including phenoxy) is 1. The van der Waals surface area contributed by atoms with E-state index in [1.807, 2.05) is 25.0 Å². The van der Waals surface area contributed by atoms with Crippen LogP contribution in [0.2, 0.25) is 0 Å². The van der Waals surface area contributed by atoms with Crippen molar-refractivity contribution in [2.24, 2.45) is 0 Å². The van der Waals surface area contributed by atoms with Gasteiger partial charge in [-0.1, -0.05) is 12.8 Å². The molecular weight excluding hydrogens is 294 g/mol. The van der Waals surface area contributed by atoms with E-state index in [0.29, 0.717) is 0 Å². The number of rotatable bonds is 5. The van der Waals surface area contributed by atoms with Gasteiger partial charge in [-0.2, -0.15) is 5.10 Å². The Morgan fingerprint density at radius 1 is 1.56 bits per heavy atom. The lowest BCUT2D eigenvalue weighted by molar-refractivity contribution is -0.0372. The quantitative estimate of drug-likeness (QED) is 0.908. The zero-order valence-electron chi connectivity index (χ0n) is 11.4. The van der Waals surface area contributed by atoms with Crippen LogP contribution >= 0.6 is 15.9 Å². The Balaban J connectivity index is 2.40. The van der Waals surface area contributed by atoms with Crippen molar-refractivity contribution in [2.75, 3.05) is 14.2 Å². The van der Waals surface area contributed by atoms with Crippen LogP contribution in [0.3, 0.4) is 0 Å². The Kier molecular flexibility index (Phi) is 4.45. The number of hydrogen-bond acceptors (Lipinski definition) is 3. The lowest BCUT2D eigenvalue weighted by Crippen LogP contribution is -2.43. The molecule has 1 N–H and O–H groups in total. The summed E-state index contributed by atoms with van der Waals surface area (Å²) in [5.74, 6) is 0. The van der Waals surface area contributed by atoms with E-state index in [0.717, 1.165) is 23.9 Å². The SMILES string of the molecule is CCn1ncc(Br)c1C(NC)C1(OC)CCCC1. The first kappa shape index (κ1) is 14.0. The number of aryl methyl sites for hydroxylation is 1. The number of hydrogen-bond donors (Lipinski definition) is 1. The van der Waals surface area contributed by atoms with Crippen LogP contribution in [0.5, 0.6) is 0 Å². The lowest BCUT2D eigenvalue weighted by atomic mass is 9.89. The van der Waals surface area contributed by atoms with Crippen LogP contribution in [0.1, 0.15) is 44.3 Å². The second-order valence-corrected chi connectivity index (χ2v) is 5.75. The van der Waals surface area contributed by atoms with Gasteiger partial charge in [0.05, 0.1) is 28.0 Å². The minimum absolute atomic E-state index is 0.0930. The van der Waals surface area contributed by atoms with E-state index in [2.05, 4.69) is 33.3 Å². The van der Waals surface area contributed by atoms with Gasteiger partial charge < -0.3 is 10.1 Å².